The number of aliphatic hydroxyl groups is 3. The molecule has 4 saturated carbocycles. The Morgan fingerprint density at radius 1 is 1.19 bits per heavy atom. The van der Waals surface area contributed by atoms with Crippen molar-refractivity contribution in [1.29, 1.82) is 0 Å². The van der Waals surface area contributed by atoms with E-state index in [1.165, 1.54) is 0 Å². The van der Waals surface area contributed by atoms with Crippen molar-refractivity contribution < 1.29 is 24.9 Å². The average molecular weight is 364 g/mol. The van der Waals surface area contributed by atoms with Gasteiger partial charge in [0.1, 0.15) is 18.0 Å². The second kappa shape index (κ2) is 5.86. The fourth-order valence-corrected chi connectivity index (χ4v) is 7.76. The van der Waals surface area contributed by atoms with E-state index < -0.39 is 29.5 Å². The Hall–Kier alpha value is -0.780. The van der Waals surface area contributed by atoms with Gasteiger partial charge < -0.3 is 15.3 Å². The first-order chi connectivity index (χ1) is 12.2. The second-order valence-electron chi connectivity index (χ2n) is 9.99. The van der Waals surface area contributed by atoms with Crippen LogP contribution < -0.4 is 0 Å². The van der Waals surface area contributed by atoms with Crippen molar-refractivity contribution in [2.24, 2.45) is 34.5 Å². The number of Topliss-reactive ketones (excluding diaryl/α,β-unsaturated/α-hetero) is 2. The summed E-state index contributed by atoms with van der Waals surface area (Å²) in [5.74, 6) is 0.800. The van der Waals surface area contributed by atoms with Crippen LogP contribution in [0.3, 0.4) is 0 Å². The number of hydrogen-bond donors (Lipinski definition) is 3. The number of fused-ring (bicyclic) bond motifs is 5. The maximum Gasteiger partial charge on any atom is 0.190 e. The molecule has 0 bridgehead atoms. The molecule has 0 heterocycles. The monoisotopic (exact) mass is 364 g/mol. The summed E-state index contributed by atoms with van der Waals surface area (Å²) in [7, 11) is 0. The van der Waals surface area contributed by atoms with Crippen LogP contribution in [0.2, 0.25) is 0 Å². The van der Waals surface area contributed by atoms with Crippen molar-refractivity contribution >= 4 is 11.6 Å². The average Bonchev–Trinajstić information content (AvgIpc) is 2.86. The fourth-order valence-electron chi connectivity index (χ4n) is 7.76. The van der Waals surface area contributed by atoms with Crippen molar-refractivity contribution in [3.8, 4) is 0 Å². The summed E-state index contributed by atoms with van der Waals surface area (Å²) in [4.78, 5) is 24.3. The standard InChI is InChI=1S/C21H32O5/c1-19-7-5-13(23)9-12(19)3-4-14-15-6-8-21(26,17(25)11-22)20(15,2)10-16(24)18(14)19/h12,14-16,18,22,24,26H,3-11H2,1-2H3/t12-,14?,15+,16?,18-,19+,20?,21+/m1/s1. The van der Waals surface area contributed by atoms with E-state index in [-0.39, 0.29) is 23.2 Å². The first-order valence-corrected chi connectivity index (χ1v) is 10.2. The molecule has 3 unspecified atom stereocenters. The Kier molecular flexibility index (Phi) is 4.18. The molecule has 0 aromatic heterocycles. The van der Waals surface area contributed by atoms with Crippen molar-refractivity contribution in [2.75, 3.05) is 6.61 Å². The third-order valence-corrected chi connectivity index (χ3v) is 9.17. The van der Waals surface area contributed by atoms with Gasteiger partial charge in [0.05, 0.1) is 6.10 Å². The minimum atomic E-state index is -1.53. The molecular weight excluding hydrogens is 332 g/mol. The van der Waals surface area contributed by atoms with Crippen LogP contribution in [0, 0.1) is 34.5 Å². The number of carbonyl (C=O) groups excluding carboxylic acids is 2. The molecule has 4 fully saturated rings. The lowest BCUT2D eigenvalue weighted by molar-refractivity contribution is -0.198. The summed E-state index contributed by atoms with van der Waals surface area (Å²) in [6, 6.07) is 0. The van der Waals surface area contributed by atoms with Gasteiger partial charge in [-0.05, 0) is 67.6 Å². The summed E-state index contributed by atoms with van der Waals surface area (Å²) in [5, 5.41) is 31.8. The summed E-state index contributed by atoms with van der Waals surface area (Å²) in [6.07, 6.45) is 5.02. The maximum atomic E-state index is 12.4. The third kappa shape index (κ3) is 2.20. The van der Waals surface area contributed by atoms with Gasteiger partial charge in [0.25, 0.3) is 0 Å². The van der Waals surface area contributed by atoms with E-state index in [1.807, 2.05) is 6.92 Å². The Morgan fingerprint density at radius 2 is 1.92 bits per heavy atom. The number of aliphatic hydroxyl groups excluding tert-OH is 2. The summed E-state index contributed by atoms with van der Waals surface area (Å²) >= 11 is 0. The van der Waals surface area contributed by atoms with E-state index >= 15 is 0 Å². The minimum absolute atomic E-state index is 0.0285. The number of ketones is 2. The molecule has 4 rings (SSSR count). The van der Waals surface area contributed by atoms with E-state index in [0.29, 0.717) is 37.4 Å². The van der Waals surface area contributed by atoms with Gasteiger partial charge in [-0.2, -0.15) is 0 Å². The molecule has 0 amide bonds. The first-order valence-electron chi connectivity index (χ1n) is 10.2. The number of rotatable bonds is 2. The SMILES string of the molecule is CC12CC(O)[C@H]3C(CC[C@@H]4CC(=O)CC[C@@]43C)[C@@H]1CC[C@]2(O)C(=O)CO. The molecule has 3 N–H and O–H groups in total. The topological polar surface area (TPSA) is 94.8 Å². The van der Waals surface area contributed by atoms with Crippen LogP contribution >= 0.6 is 0 Å². The van der Waals surface area contributed by atoms with Gasteiger partial charge in [0.15, 0.2) is 5.78 Å². The van der Waals surface area contributed by atoms with Gasteiger partial charge in [-0.3, -0.25) is 9.59 Å². The molecule has 0 saturated heterocycles. The molecule has 8 atom stereocenters. The normalized spacial score (nSPS) is 53.6. The zero-order valence-electron chi connectivity index (χ0n) is 15.9. The Morgan fingerprint density at radius 3 is 2.62 bits per heavy atom. The highest BCUT2D eigenvalue weighted by Gasteiger charge is 2.68. The minimum Gasteiger partial charge on any atom is -0.393 e. The smallest absolute Gasteiger partial charge is 0.190 e. The van der Waals surface area contributed by atoms with E-state index in [9.17, 15) is 24.9 Å². The molecule has 146 valence electrons. The van der Waals surface area contributed by atoms with Crippen molar-refractivity contribution in [1.82, 2.24) is 0 Å². The van der Waals surface area contributed by atoms with E-state index in [0.717, 1.165) is 25.7 Å². The van der Waals surface area contributed by atoms with Gasteiger partial charge >= 0.3 is 0 Å². The lowest BCUT2D eigenvalue weighted by atomic mass is 9.43. The number of carbonyl (C=O) groups is 2. The quantitative estimate of drug-likeness (QED) is 0.695. The predicted octanol–water partition coefficient (Wildman–Crippen LogP) is 1.86. The van der Waals surface area contributed by atoms with E-state index in [2.05, 4.69) is 6.92 Å². The van der Waals surface area contributed by atoms with Crippen LogP contribution in [-0.4, -0.2) is 45.2 Å². The lowest BCUT2D eigenvalue weighted by Crippen LogP contribution is -2.63. The predicted molar refractivity (Wildman–Crippen MR) is 95.2 cm³/mol. The van der Waals surface area contributed by atoms with Gasteiger partial charge in [-0.15, -0.1) is 0 Å². The summed E-state index contributed by atoms with van der Waals surface area (Å²) in [6.45, 7) is 3.55. The molecule has 0 radical (unpaired) electrons. The van der Waals surface area contributed by atoms with Crippen molar-refractivity contribution in [3.63, 3.8) is 0 Å². The van der Waals surface area contributed by atoms with E-state index in [1.54, 1.807) is 0 Å². The molecule has 5 heteroatoms. The van der Waals surface area contributed by atoms with Gasteiger partial charge in [-0.25, -0.2) is 0 Å². The van der Waals surface area contributed by atoms with Crippen LogP contribution in [0.15, 0.2) is 0 Å². The zero-order valence-corrected chi connectivity index (χ0v) is 15.9. The molecule has 0 aliphatic heterocycles. The molecule has 4 aliphatic rings. The van der Waals surface area contributed by atoms with Gasteiger partial charge in [0.2, 0.25) is 0 Å². The highest BCUT2D eigenvalue weighted by atomic mass is 16.3. The summed E-state index contributed by atoms with van der Waals surface area (Å²) < 4.78 is 0. The zero-order chi connectivity index (χ0) is 18.9. The molecule has 26 heavy (non-hydrogen) atoms. The van der Waals surface area contributed by atoms with E-state index in [4.69, 9.17) is 0 Å². The van der Waals surface area contributed by atoms with Crippen LogP contribution in [0.5, 0.6) is 0 Å². The van der Waals surface area contributed by atoms with Crippen LogP contribution in [0.4, 0.5) is 0 Å². The molecule has 0 spiro atoms. The molecular formula is C21H32O5. The summed E-state index contributed by atoms with van der Waals surface area (Å²) in [5.41, 5.74) is -2.24. The van der Waals surface area contributed by atoms with Gasteiger partial charge in [-0.1, -0.05) is 13.8 Å². The lowest BCUT2D eigenvalue weighted by Gasteiger charge is -2.62. The largest absolute Gasteiger partial charge is 0.393 e. The van der Waals surface area contributed by atoms with Crippen LogP contribution in [-0.2, 0) is 9.59 Å². The molecule has 0 aromatic carbocycles. The fraction of sp³-hybridized carbons (Fsp3) is 0.905. The number of hydrogen-bond acceptors (Lipinski definition) is 5. The second-order valence-corrected chi connectivity index (χ2v) is 9.99. The highest BCUT2D eigenvalue weighted by molar-refractivity contribution is 5.89. The molecule has 5 nitrogen and oxygen atoms in total. The molecule has 4 aliphatic carbocycles. The maximum absolute atomic E-state index is 12.4. The van der Waals surface area contributed by atoms with Crippen LogP contribution in [0.25, 0.3) is 0 Å². The van der Waals surface area contributed by atoms with Gasteiger partial charge in [0, 0.05) is 18.3 Å². The van der Waals surface area contributed by atoms with Crippen molar-refractivity contribution in [2.45, 2.75) is 76.9 Å². The Bertz CT molecular complexity index is 632. The molecule has 0 aromatic rings. The third-order valence-electron chi connectivity index (χ3n) is 9.17. The van der Waals surface area contributed by atoms with Crippen LogP contribution in [0.1, 0.15) is 65.2 Å². The first kappa shape index (κ1) is 18.6. The Labute approximate surface area is 155 Å². The highest BCUT2D eigenvalue weighted by Crippen LogP contribution is 2.68. The Balaban J connectivity index is 1.70. The van der Waals surface area contributed by atoms with Crippen molar-refractivity contribution in [3.05, 3.63) is 0 Å².